The van der Waals surface area contributed by atoms with Crippen LogP contribution in [0.1, 0.15) is 29.6 Å². The second kappa shape index (κ2) is 4.58. The SMILES string of the molecule is NCC(=O)c1ccccc1S(=O)(=O)C1CCC1. The van der Waals surface area contributed by atoms with Crippen LogP contribution in [0.4, 0.5) is 0 Å². The van der Waals surface area contributed by atoms with Gasteiger partial charge in [0.25, 0.3) is 0 Å². The number of nitrogens with two attached hydrogens (primary N) is 1. The van der Waals surface area contributed by atoms with Gasteiger partial charge in [-0.2, -0.15) is 0 Å². The molecule has 0 saturated heterocycles. The minimum absolute atomic E-state index is 0.139. The molecule has 0 atom stereocenters. The highest BCUT2D eigenvalue weighted by molar-refractivity contribution is 7.92. The molecule has 92 valence electrons. The van der Waals surface area contributed by atoms with Crippen molar-refractivity contribution in [2.75, 3.05) is 6.54 Å². The molecule has 1 aliphatic rings. The van der Waals surface area contributed by atoms with Crippen molar-refractivity contribution < 1.29 is 13.2 Å². The maximum Gasteiger partial charge on any atom is 0.181 e. The highest BCUT2D eigenvalue weighted by Gasteiger charge is 2.34. The van der Waals surface area contributed by atoms with Crippen LogP contribution in [0.2, 0.25) is 0 Å². The lowest BCUT2D eigenvalue weighted by molar-refractivity contribution is 0.0998. The zero-order valence-corrected chi connectivity index (χ0v) is 10.2. The molecule has 17 heavy (non-hydrogen) atoms. The van der Waals surface area contributed by atoms with Gasteiger partial charge in [0.2, 0.25) is 0 Å². The summed E-state index contributed by atoms with van der Waals surface area (Å²) < 4.78 is 24.5. The number of sulfone groups is 1. The standard InChI is InChI=1S/C12H15NO3S/c13-8-11(14)10-6-1-2-7-12(10)17(15,16)9-4-3-5-9/h1-2,6-7,9H,3-5,8,13H2. The molecule has 2 N–H and O–H groups in total. The van der Waals surface area contributed by atoms with E-state index in [4.69, 9.17) is 5.73 Å². The lowest BCUT2D eigenvalue weighted by Crippen LogP contribution is -2.30. The van der Waals surface area contributed by atoms with Gasteiger partial charge in [0, 0.05) is 5.56 Å². The number of hydrogen-bond donors (Lipinski definition) is 1. The molecule has 2 rings (SSSR count). The molecule has 1 aliphatic carbocycles. The second-order valence-corrected chi connectivity index (χ2v) is 6.42. The van der Waals surface area contributed by atoms with Crippen molar-refractivity contribution in [3.05, 3.63) is 29.8 Å². The van der Waals surface area contributed by atoms with Gasteiger partial charge in [-0.15, -0.1) is 0 Å². The first kappa shape index (κ1) is 12.3. The molecule has 4 nitrogen and oxygen atoms in total. The number of carbonyl (C=O) groups excluding carboxylic acids is 1. The Balaban J connectivity index is 2.48. The maximum absolute atomic E-state index is 12.3. The molecule has 1 saturated carbocycles. The topological polar surface area (TPSA) is 77.2 Å². The molecular formula is C12H15NO3S. The summed E-state index contributed by atoms with van der Waals surface area (Å²) in [6.45, 7) is -0.169. The van der Waals surface area contributed by atoms with Gasteiger partial charge >= 0.3 is 0 Å². The lowest BCUT2D eigenvalue weighted by Gasteiger charge is -2.26. The van der Waals surface area contributed by atoms with Crippen LogP contribution in [0.5, 0.6) is 0 Å². The van der Waals surface area contributed by atoms with Crippen LogP contribution in [-0.4, -0.2) is 26.0 Å². The molecule has 5 heteroatoms. The van der Waals surface area contributed by atoms with Crippen LogP contribution < -0.4 is 5.73 Å². The first-order valence-corrected chi connectivity index (χ1v) is 7.18. The van der Waals surface area contributed by atoms with Crippen LogP contribution >= 0.6 is 0 Å². The van der Waals surface area contributed by atoms with Gasteiger partial charge in [0.15, 0.2) is 15.6 Å². The minimum atomic E-state index is -3.36. The molecule has 1 fully saturated rings. The maximum atomic E-state index is 12.3. The quantitative estimate of drug-likeness (QED) is 0.817. The van der Waals surface area contributed by atoms with E-state index in [0.29, 0.717) is 12.8 Å². The largest absolute Gasteiger partial charge is 0.324 e. The van der Waals surface area contributed by atoms with Gasteiger partial charge in [0.05, 0.1) is 16.7 Å². The van der Waals surface area contributed by atoms with Crippen molar-refractivity contribution >= 4 is 15.6 Å². The predicted molar refractivity (Wildman–Crippen MR) is 64.7 cm³/mol. The van der Waals surface area contributed by atoms with E-state index >= 15 is 0 Å². The summed E-state index contributed by atoms with van der Waals surface area (Å²) >= 11 is 0. The van der Waals surface area contributed by atoms with Gasteiger partial charge < -0.3 is 5.73 Å². The van der Waals surface area contributed by atoms with E-state index in [9.17, 15) is 13.2 Å². The summed E-state index contributed by atoms with van der Waals surface area (Å²) in [5.41, 5.74) is 5.52. The van der Waals surface area contributed by atoms with E-state index < -0.39 is 9.84 Å². The van der Waals surface area contributed by atoms with Crippen molar-refractivity contribution in [3.8, 4) is 0 Å². The Morgan fingerprint density at radius 3 is 2.47 bits per heavy atom. The van der Waals surface area contributed by atoms with Gasteiger partial charge in [0.1, 0.15) is 0 Å². The number of Topliss-reactive ketones (excluding diaryl/α,β-unsaturated/α-hetero) is 1. The van der Waals surface area contributed by atoms with Crippen molar-refractivity contribution in [2.24, 2.45) is 5.73 Å². The number of benzene rings is 1. The Labute approximate surface area is 101 Å². The van der Waals surface area contributed by atoms with Crippen LogP contribution in [0.3, 0.4) is 0 Å². The normalized spacial score (nSPS) is 16.5. The molecular weight excluding hydrogens is 238 g/mol. The predicted octanol–water partition coefficient (Wildman–Crippen LogP) is 1.15. The number of hydrogen-bond acceptors (Lipinski definition) is 4. The monoisotopic (exact) mass is 253 g/mol. The lowest BCUT2D eigenvalue weighted by atomic mass is 10.00. The van der Waals surface area contributed by atoms with E-state index in [2.05, 4.69) is 0 Å². The summed E-state index contributed by atoms with van der Waals surface area (Å²) in [5, 5.41) is -0.325. The third-order valence-corrected chi connectivity index (χ3v) is 5.49. The summed E-state index contributed by atoms with van der Waals surface area (Å²) in [7, 11) is -3.36. The smallest absolute Gasteiger partial charge is 0.181 e. The summed E-state index contributed by atoms with van der Waals surface area (Å²) in [5.74, 6) is -0.330. The summed E-state index contributed by atoms with van der Waals surface area (Å²) in [6.07, 6.45) is 2.32. The first-order chi connectivity index (χ1) is 8.07. The fraction of sp³-hybridized carbons (Fsp3) is 0.417. The second-order valence-electron chi connectivity index (χ2n) is 4.22. The summed E-state index contributed by atoms with van der Waals surface area (Å²) in [6, 6.07) is 6.32. The van der Waals surface area contributed by atoms with E-state index in [1.807, 2.05) is 0 Å². The molecule has 0 heterocycles. The van der Waals surface area contributed by atoms with Crippen molar-refractivity contribution in [2.45, 2.75) is 29.4 Å². The van der Waals surface area contributed by atoms with E-state index in [-0.39, 0.29) is 28.0 Å². The Bertz CT molecular complexity index is 532. The molecule has 0 bridgehead atoms. The molecule has 0 radical (unpaired) electrons. The average molecular weight is 253 g/mol. The molecule has 0 amide bonds. The molecule has 0 unspecified atom stereocenters. The van der Waals surface area contributed by atoms with Crippen molar-refractivity contribution in [1.29, 1.82) is 0 Å². The van der Waals surface area contributed by atoms with Crippen LogP contribution in [0.25, 0.3) is 0 Å². The summed E-state index contributed by atoms with van der Waals surface area (Å²) in [4.78, 5) is 11.8. The van der Waals surface area contributed by atoms with Crippen LogP contribution in [0, 0.1) is 0 Å². The Morgan fingerprint density at radius 2 is 1.94 bits per heavy atom. The average Bonchev–Trinajstić information content (AvgIpc) is 2.25. The molecule has 1 aromatic carbocycles. The fourth-order valence-corrected chi connectivity index (χ4v) is 3.99. The number of carbonyl (C=O) groups is 1. The van der Waals surface area contributed by atoms with Gasteiger partial charge in [-0.3, -0.25) is 4.79 Å². The van der Waals surface area contributed by atoms with E-state index in [0.717, 1.165) is 6.42 Å². The third kappa shape index (κ3) is 2.12. The Hall–Kier alpha value is -1.20. The van der Waals surface area contributed by atoms with Gasteiger partial charge in [-0.1, -0.05) is 24.6 Å². The molecule has 0 aromatic heterocycles. The van der Waals surface area contributed by atoms with Gasteiger partial charge in [-0.25, -0.2) is 8.42 Å². The number of ketones is 1. The van der Waals surface area contributed by atoms with E-state index in [1.165, 1.54) is 12.1 Å². The fourth-order valence-electron chi connectivity index (χ4n) is 1.92. The van der Waals surface area contributed by atoms with Crippen LogP contribution in [-0.2, 0) is 9.84 Å². The minimum Gasteiger partial charge on any atom is -0.324 e. The van der Waals surface area contributed by atoms with Gasteiger partial charge in [-0.05, 0) is 18.9 Å². The molecule has 1 aromatic rings. The number of rotatable bonds is 4. The Morgan fingerprint density at radius 1 is 1.29 bits per heavy atom. The highest BCUT2D eigenvalue weighted by Crippen LogP contribution is 2.32. The van der Waals surface area contributed by atoms with E-state index in [1.54, 1.807) is 12.1 Å². The molecule has 0 spiro atoms. The molecule has 0 aliphatic heterocycles. The Kier molecular flexibility index (Phi) is 3.31. The van der Waals surface area contributed by atoms with Crippen LogP contribution in [0.15, 0.2) is 29.2 Å². The zero-order valence-electron chi connectivity index (χ0n) is 9.43. The first-order valence-electron chi connectivity index (χ1n) is 5.63. The van der Waals surface area contributed by atoms with Crippen molar-refractivity contribution in [1.82, 2.24) is 0 Å². The highest BCUT2D eigenvalue weighted by atomic mass is 32.2. The third-order valence-electron chi connectivity index (χ3n) is 3.17. The zero-order chi connectivity index (χ0) is 12.5. The van der Waals surface area contributed by atoms with Crippen molar-refractivity contribution in [3.63, 3.8) is 0 Å².